The lowest BCUT2D eigenvalue weighted by Crippen LogP contribution is -2.23. The number of hydrogen-bond donors (Lipinski definition) is 1. The van der Waals surface area contributed by atoms with Crippen molar-refractivity contribution < 1.29 is 19.1 Å². The minimum Gasteiger partial charge on any atom is -0.489 e. The number of amides is 1. The topological polar surface area (TPSA) is 64.6 Å². The van der Waals surface area contributed by atoms with Crippen LogP contribution in [0.25, 0.3) is 0 Å². The maximum atomic E-state index is 12.1. The van der Waals surface area contributed by atoms with Crippen LogP contribution in [0.4, 0.5) is 5.69 Å². The number of carbonyl (C=O) groups excluding carboxylic acids is 2. The largest absolute Gasteiger partial charge is 0.489 e. The zero-order valence-corrected chi connectivity index (χ0v) is 16.5. The molecular weight excluding hydrogens is 366 g/mol. The normalized spacial score (nSPS) is 22.3. The molecule has 4 rings (SSSR count). The number of esters is 1. The molecule has 0 saturated heterocycles. The minimum absolute atomic E-state index is 0.244. The molecule has 0 unspecified atom stereocenters. The molecule has 0 aromatic heterocycles. The summed E-state index contributed by atoms with van der Waals surface area (Å²) in [5, 5.41) is 2.75. The Kier molecular flexibility index (Phi) is 6.13. The molecular formula is C24H27NO4. The first-order valence-electron chi connectivity index (χ1n) is 10.4. The second kappa shape index (κ2) is 9.12. The fourth-order valence-electron chi connectivity index (χ4n) is 4.62. The molecule has 2 aromatic rings. The van der Waals surface area contributed by atoms with E-state index < -0.39 is 0 Å². The Hall–Kier alpha value is -2.82. The first-order chi connectivity index (χ1) is 14.2. The highest BCUT2D eigenvalue weighted by atomic mass is 16.5. The van der Waals surface area contributed by atoms with Gasteiger partial charge in [-0.15, -0.1) is 0 Å². The standard InChI is InChI=1S/C24H27NO4/c26-23(16-29-24(27)14-20-13-18-6-7-19(20)12-18)25-21-8-10-22(11-9-21)28-15-17-4-2-1-3-5-17/h1-5,8-11,18-20H,6-7,12-16H2,(H,25,26)/t18-,19+,20-/m0/s1. The third-order valence-electron chi connectivity index (χ3n) is 6.06. The van der Waals surface area contributed by atoms with Crippen LogP contribution in [0.1, 0.15) is 37.7 Å². The van der Waals surface area contributed by atoms with Gasteiger partial charge < -0.3 is 14.8 Å². The summed E-state index contributed by atoms with van der Waals surface area (Å²) in [4.78, 5) is 24.1. The van der Waals surface area contributed by atoms with Crippen molar-refractivity contribution in [3.8, 4) is 5.75 Å². The Balaban J connectivity index is 1.17. The van der Waals surface area contributed by atoms with Crippen molar-refractivity contribution in [3.63, 3.8) is 0 Å². The zero-order chi connectivity index (χ0) is 20.1. The molecule has 152 valence electrons. The van der Waals surface area contributed by atoms with Crippen LogP contribution in [-0.2, 0) is 20.9 Å². The van der Waals surface area contributed by atoms with Crippen LogP contribution in [0.3, 0.4) is 0 Å². The molecule has 2 aromatic carbocycles. The maximum absolute atomic E-state index is 12.1. The van der Waals surface area contributed by atoms with Crippen LogP contribution in [-0.4, -0.2) is 18.5 Å². The highest BCUT2D eigenvalue weighted by molar-refractivity contribution is 5.92. The Bertz CT molecular complexity index is 834. The summed E-state index contributed by atoms with van der Waals surface area (Å²) < 4.78 is 10.9. The van der Waals surface area contributed by atoms with E-state index in [0.29, 0.717) is 30.6 Å². The van der Waals surface area contributed by atoms with Crippen molar-refractivity contribution in [2.45, 2.75) is 38.7 Å². The van der Waals surface area contributed by atoms with Gasteiger partial charge in [0.2, 0.25) is 0 Å². The number of anilines is 1. The first-order valence-corrected chi connectivity index (χ1v) is 10.4. The van der Waals surface area contributed by atoms with Gasteiger partial charge >= 0.3 is 5.97 Å². The summed E-state index contributed by atoms with van der Waals surface area (Å²) in [6.07, 6.45) is 5.42. The zero-order valence-electron chi connectivity index (χ0n) is 16.5. The molecule has 2 fully saturated rings. The molecule has 2 bridgehead atoms. The smallest absolute Gasteiger partial charge is 0.306 e. The minimum atomic E-state index is -0.329. The molecule has 29 heavy (non-hydrogen) atoms. The second-order valence-corrected chi connectivity index (χ2v) is 8.15. The van der Waals surface area contributed by atoms with Crippen LogP contribution in [0.15, 0.2) is 54.6 Å². The number of ether oxygens (including phenoxy) is 2. The van der Waals surface area contributed by atoms with E-state index in [9.17, 15) is 9.59 Å². The molecule has 1 N–H and O–H groups in total. The molecule has 2 saturated carbocycles. The SMILES string of the molecule is O=C(COC(=O)C[C@@H]1C[C@H]2CC[C@@H]1C2)Nc1ccc(OCc2ccccc2)cc1. The van der Waals surface area contributed by atoms with Gasteiger partial charge in [-0.1, -0.05) is 36.8 Å². The summed E-state index contributed by atoms with van der Waals surface area (Å²) in [5.74, 6) is 2.08. The number of nitrogens with one attached hydrogen (secondary N) is 1. The molecule has 2 aliphatic carbocycles. The molecule has 0 radical (unpaired) electrons. The predicted octanol–water partition coefficient (Wildman–Crippen LogP) is 4.57. The molecule has 2 aliphatic rings. The van der Waals surface area contributed by atoms with Crippen molar-refractivity contribution in [3.05, 3.63) is 60.2 Å². The lowest BCUT2D eigenvalue weighted by atomic mass is 9.86. The van der Waals surface area contributed by atoms with E-state index in [-0.39, 0.29) is 18.5 Å². The summed E-state index contributed by atoms with van der Waals surface area (Å²) in [6, 6.07) is 17.1. The summed E-state index contributed by atoms with van der Waals surface area (Å²) in [7, 11) is 0. The Morgan fingerprint density at radius 1 is 0.966 bits per heavy atom. The number of benzene rings is 2. The molecule has 0 spiro atoms. The lowest BCUT2D eigenvalue weighted by Gasteiger charge is -2.20. The van der Waals surface area contributed by atoms with Gasteiger partial charge in [-0.25, -0.2) is 0 Å². The number of fused-ring (bicyclic) bond motifs is 2. The van der Waals surface area contributed by atoms with E-state index >= 15 is 0 Å². The first kappa shape index (κ1) is 19.5. The van der Waals surface area contributed by atoms with Gasteiger partial charge in [0.05, 0.1) is 0 Å². The number of hydrogen-bond acceptors (Lipinski definition) is 4. The van der Waals surface area contributed by atoms with Crippen LogP contribution >= 0.6 is 0 Å². The van der Waals surface area contributed by atoms with Gasteiger partial charge in [0.25, 0.3) is 5.91 Å². The molecule has 5 heteroatoms. The van der Waals surface area contributed by atoms with E-state index in [4.69, 9.17) is 9.47 Å². The summed E-state index contributed by atoms with van der Waals surface area (Å²) in [5.41, 5.74) is 1.74. The number of rotatable bonds is 8. The molecule has 1 amide bonds. The van der Waals surface area contributed by atoms with Crippen molar-refractivity contribution >= 4 is 17.6 Å². The van der Waals surface area contributed by atoms with Crippen molar-refractivity contribution in [2.75, 3.05) is 11.9 Å². The Labute approximate surface area is 171 Å². The third-order valence-corrected chi connectivity index (χ3v) is 6.06. The maximum Gasteiger partial charge on any atom is 0.306 e. The van der Waals surface area contributed by atoms with Gasteiger partial charge in [0.1, 0.15) is 12.4 Å². The van der Waals surface area contributed by atoms with E-state index in [1.165, 1.54) is 19.3 Å². The third kappa shape index (κ3) is 5.37. The Morgan fingerprint density at radius 2 is 1.76 bits per heavy atom. The van der Waals surface area contributed by atoms with Crippen LogP contribution < -0.4 is 10.1 Å². The molecule has 0 heterocycles. The van der Waals surface area contributed by atoms with Gasteiger partial charge in [-0.05, 0) is 66.8 Å². The average Bonchev–Trinajstić information content (AvgIpc) is 3.36. The van der Waals surface area contributed by atoms with Crippen molar-refractivity contribution in [1.82, 2.24) is 0 Å². The number of carbonyl (C=O) groups is 2. The van der Waals surface area contributed by atoms with Crippen LogP contribution in [0.2, 0.25) is 0 Å². The van der Waals surface area contributed by atoms with Crippen LogP contribution in [0.5, 0.6) is 5.75 Å². The summed E-state index contributed by atoms with van der Waals surface area (Å²) >= 11 is 0. The van der Waals surface area contributed by atoms with E-state index in [0.717, 1.165) is 23.7 Å². The van der Waals surface area contributed by atoms with Crippen molar-refractivity contribution in [2.24, 2.45) is 17.8 Å². The highest BCUT2D eigenvalue weighted by Gasteiger charge is 2.40. The van der Waals surface area contributed by atoms with Gasteiger partial charge in [0.15, 0.2) is 6.61 Å². The average molecular weight is 393 g/mol. The fourth-order valence-corrected chi connectivity index (χ4v) is 4.62. The monoisotopic (exact) mass is 393 g/mol. The molecule has 3 atom stereocenters. The van der Waals surface area contributed by atoms with Gasteiger partial charge in [0, 0.05) is 12.1 Å². The highest BCUT2D eigenvalue weighted by Crippen LogP contribution is 2.49. The lowest BCUT2D eigenvalue weighted by molar-refractivity contribution is -0.148. The van der Waals surface area contributed by atoms with Crippen LogP contribution in [0, 0.1) is 17.8 Å². The van der Waals surface area contributed by atoms with Gasteiger partial charge in [-0.2, -0.15) is 0 Å². The van der Waals surface area contributed by atoms with E-state index in [1.54, 1.807) is 24.3 Å². The van der Waals surface area contributed by atoms with Gasteiger partial charge in [-0.3, -0.25) is 9.59 Å². The van der Waals surface area contributed by atoms with E-state index in [2.05, 4.69) is 5.32 Å². The summed E-state index contributed by atoms with van der Waals surface area (Å²) in [6.45, 7) is 0.247. The molecule has 0 aliphatic heterocycles. The molecule has 5 nitrogen and oxygen atoms in total. The second-order valence-electron chi connectivity index (χ2n) is 8.15. The predicted molar refractivity (Wildman–Crippen MR) is 110 cm³/mol. The fraction of sp³-hybridized carbons (Fsp3) is 0.417. The van der Waals surface area contributed by atoms with E-state index in [1.807, 2.05) is 30.3 Å². The Morgan fingerprint density at radius 3 is 2.45 bits per heavy atom. The van der Waals surface area contributed by atoms with Crippen molar-refractivity contribution in [1.29, 1.82) is 0 Å². The quantitative estimate of drug-likeness (QED) is 0.667.